The molecule has 138 valence electrons. The van der Waals surface area contributed by atoms with Crippen LogP contribution in [-0.4, -0.2) is 28.1 Å². The monoisotopic (exact) mass is 362 g/mol. The summed E-state index contributed by atoms with van der Waals surface area (Å²) in [7, 11) is 0. The first-order valence-corrected chi connectivity index (χ1v) is 9.42. The lowest BCUT2D eigenvalue weighted by atomic mass is 9.84. The molecule has 1 fully saturated rings. The van der Waals surface area contributed by atoms with Crippen LogP contribution in [0.25, 0.3) is 11.1 Å². The van der Waals surface area contributed by atoms with E-state index >= 15 is 0 Å². The first kappa shape index (κ1) is 16.3. The zero-order valence-electron chi connectivity index (χ0n) is 15.7. The van der Waals surface area contributed by atoms with Crippen molar-refractivity contribution in [3.63, 3.8) is 0 Å². The van der Waals surface area contributed by atoms with Crippen molar-refractivity contribution in [3.05, 3.63) is 62.9 Å². The molecule has 2 N–H and O–H groups in total. The van der Waals surface area contributed by atoms with Gasteiger partial charge in [-0.15, -0.1) is 0 Å². The molecular weight excluding hydrogens is 340 g/mol. The highest BCUT2D eigenvalue weighted by Gasteiger charge is 2.40. The summed E-state index contributed by atoms with van der Waals surface area (Å²) in [4.78, 5) is 20.5. The predicted octanol–water partition coefficient (Wildman–Crippen LogP) is 2.92. The molecule has 27 heavy (non-hydrogen) atoms. The number of aryl methyl sites for hydroxylation is 3. The van der Waals surface area contributed by atoms with Crippen molar-refractivity contribution in [2.75, 3.05) is 0 Å². The van der Waals surface area contributed by atoms with Crippen LogP contribution in [0.3, 0.4) is 0 Å². The topological polar surface area (TPSA) is 83.3 Å². The highest BCUT2D eigenvalue weighted by atomic mass is 16.5. The second-order valence-electron chi connectivity index (χ2n) is 7.69. The van der Waals surface area contributed by atoms with E-state index < -0.39 is 0 Å². The van der Waals surface area contributed by atoms with Gasteiger partial charge in [-0.3, -0.25) is 9.79 Å². The Morgan fingerprint density at radius 2 is 2.00 bits per heavy atom. The van der Waals surface area contributed by atoms with Crippen LogP contribution in [0.4, 0.5) is 0 Å². The summed E-state index contributed by atoms with van der Waals surface area (Å²) in [5, 5.41) is 7.69. The number of H-pyrrole nitrogens is 1. The van der Waals surface area contributed by atoms with Crippen LogP contribution in [0.1, 0.15) is 41.0 Å². The maximum absolute atomic E-state index is 12.7. The standard InChI is InChI=1S/C21H22N4O2/c1-10-6-7-22-21(26)17(10)15-8-14(18-11(2)25-27-12(18)3)9-16-19(15)24-20(23-16)13-4-5-13/h6-9,13,16,19H,4-5H2,1-3H3,(H,22,26)(H,23,24). The molecule has 1 aliphatic heterocycles. The lowest BCUT2D eigenvalue weighted by Gasteiger charge is -2.25. The molecule has 2 unspecified atom stereocenters. The molecule has 2 atom stereocenters. The van der Waals surface area contributed by atoms with Crippen LogP contribution in [0.15, 0.2) is 38.7 Å². The first-order chi connectivity index (χ1) is 13.0. The number of rotatable bonds is 3. The Morgan fingerprint density at radius 1 is 1.19 bits per heavy atom. The molecule has 6 nitrogen and oxygen atoms in total. The SMILES string of the molecule is Cc1cc[nH]c(=O)c1C1=CC(c2c(C)noc2C)=CC2NC(C3CC3)=NC12. The average molecular weight is 362 g/mol. The van der Waals surface area contributed by atoms with Gasteiger partial charge in [0, 0.05) is 23.2 Å². The zero-order chi connectivity index (χ0) is 18.7. The third-order valence-corrected chi connectivity index (χ3v) is 5.67. The third kappa shape index (κ3) is 2.59. The number of aliphatic imine (C=N–C) groups is 1. The van der Waals surface area contributed by atoms with Gasteiger partial charge in [0.2, 0.25) is 0 Å². The average Bonchev–Trinajstić information content (AvgIpc) is 3.30. The lowest BCUT2D eigenvalue weighted by molar-refractivity contribution is 0.393. The van der Waals surface area contributed by atoms with Crippen molar-refractivity contribution >= 4 is 17.0 Å². The molecule has 3 aliphatic rings. The minimum absolute atomic E-state index is 0.0447. The second kappa shape index (κ2) is 5.81. The van der Waals surface area contributed by atoms with Crippen molar-refractivity contribution in [1.29, 1.82) is 0 Å². The number of allylic oxidation sites excluding steroid dienone is 2. The molecule has 2 aliphatic carbocycles. The molecule has 2 aromatic heterocycles. The summed E-state index contributed by atoms with van der Waals surface area (Å²) in [6.45, 7) is 5.84. The Kier molecular flexibility index (Phi) is 3.50. The fourth-order valence-corrected chi connectivity index (χ4v) is 4.19. The van der Waals surface area contributed by atoms with Gasteiger partial charge in [0.15, 0.2) is 0 Å². The smallest absolute Gasteiger partial charge is 0.255 e. The van der Waals surface area contributed by atoms with E-state index in [1.54, 1.807) is 6.20 Å². The predicted molar refractivity (Wildman–Crippen MR) is 105 cm³/mol. The van der Waals surface area contributed by atoms with E-state index in [4.69, 9.17) is 9.52 Å². The molecule has 0 bridgehead atoms. The van der Waals surface area contributed by atoms with Gasteiger partial charge in [-0.05, 0) is 62.5 Å². The van der Waals surface area contributed by atoms with Crippen LogP contribution in [-0.2, 0) is 0 Å². The van der Waals surface area contributed by atoms with E-state index in [0.717, 1.165) is 39.6 Å². The molecule has 0 spiro atoms. The number of fused-ring (bicyclic) bond motifs is 1. The van der Waals surface area contributed by atoms with Crippen molar-refractivity contribution in [3.8, 4) is 0 Å². The zero-order valence-corrected chi connectivity index (χ0v) is 15.7. The number of nitrogens with one attached hydrogen (secondary N) is 2. The second-order valence-corrected chi connectivity index (χ2v) is 7.69. The van der Waals surface area contributed by atoms with Crippen molar-refractivity contribution in [2.45, 2.75) is 45.7 Å². The summed E-state index contributed by atoms with van der Waals surface area (Å²) in [6.07, 6.45) is 8.36. The number of amidine groups is 1. The molecule has 2 aromatic rings. The van der Waals surface area contributed by atoms with Crippen LogP contribution in [0.2, 0.25) is 0 Å². The fourth-order valence-electron chi connectivity index (χ4n) is 4.19. The summed E-state index contributed by atoms with van der Waals surface area (Å²) in [5.74, 6) is 2.41. The molecule has 0 radical (unpaired) electrons. The summed E-state index contributed by atoms with van der Waals surface area (Å²) in [5.41, 5.74) is 5.44. The molecule has 0 aromatic carbocycles. The third-order valence-electron chi connectivity index (χ3n) is 5.67. The number of nitrogens with zero attached hydrogens (tertiary/aromatic N) is 2. The number of hydrogen-bond acceptors (Lipinski definition) is 5. The van der Waals surface area contributed by atoms with Gasteiger partial charge in [0.1, 0.15) is 17.6 Å². The summed E-state index contributed by atoms with van der Waals surface area (Å²) >= 11 is 0. The Labute approximate surface area is 157 Å². The number of aromatic nitrogens is 2. The van der Waals surface area contributed by atoms with Crippen molar-refractivity contribution in [1.82, 2.24) is 15.5 Å². The summed E-state index contributed by atoms with van der Waals surface area (Å²) in [6, 6.07) is 1.91. The summed E-state index contributed by atoms with van der Waals surface area (Å²) < 4.78 is 5.38. The van der Waals surface area contributed by atoms with Gasteiger partial charge in [0.05, 0.1) is 11.7 Å². The Balaban J connectivity index is 1.69. The Bertz CT molecular complexity index is 1060. The van der Waals surface area contributed by atoms with Crippen molar-refractivity contribution in [2.24, 2.45) is 10.9 Å². The van der Waals surface area contributed by atoms with Crippen LogP contribution in [0.5, 0.6) is 0 Å². The number of aromatic amines is 1. The van der Waals surface area contributed by atoms with Gasteiger partial charge in [0.25, 0.3) is 5.56 Å². The van der Waals surface area contributed by atoms with Crippen molar-refractivity contribution < 1.29 is 4.52 Å². The van der Waals surface area contributed by atoms with E-state index in [9.17, 15) is 4.79 Å². The van der Waals surface area contributed by atoms with Gasteiger partial charge in [-0.1, -0.05) is 11.2 Å². The number of hydrogen-bond donors (Lipinski definition) is 2. The highest BCUT2D eigenvalue weighted by Crippen LogP contribution is 2.40. The molecule has 6 heteroatoms. The Hall–Kier alpha value is -2.89. The fraction of sp³-hybridized carbons (Fsp3) is 0.381. The van der Waals surface area contributed by atoms with E-state index in [1.807, 2.05) is 26.8 Å². The van der Waals surface area contributed by atoms with Gasteiger partial charge in [-0.2, -0.15) is 0 Å². The minimum Gasteiger partial charge on any atom is -0.365 e. The van der Waals surface area contributed by atoms with Crippen LogP contribution < -0.4 is 10.9 Å². The quantitative estimate of drug-likeness (QED) is 0.879. The van der Waals surface area contributed by atoms with Gasteiger partial charge in [-0.25, -0.2) is 0 Å². The molecular formula is C21H22N4O2. The molecule has 0 amide bonds. The lowest BCUT2D eigenvalue weighted by Crippen LogP contribution is -2.36. The largest absolute Gasteiger partial charge is 0.365 e. The van der Waals surface area contributed by atoms with Gasteiger partial charge >= 0.3 is 0 Å². The Morgan fingerprint density at radius 3 is 2.67 bits per heavy atom. The number of pyridine rings is 1. The first-order valence-electron chi connectivity index (χ1n) is 9.42. The normalized spacial score (nSPS) is 24.0. The minimum atomic E-state index is -0.0768. The van der Waals surface area contributed by atoms with E-state index in [2.05, 4.69) is 27.6 Å². The highest BCUT2D eigenvalue weighted by molar-refractivity contribution is 5.96. The molecule has 1 saturated carbocycles. The molecule has 3 heterocycles. The van der Waals surface area contributed by atoms with E-state index in [0.29, 0.717) is 11.5 Å². The van der Waals surface area contributed by atoms with E-state index in [-0.39, 0.29) is 17.6 Å². The maximum atomic E-state index is 12.7. The van der Waals surface area contributed by atoms with Crippen LogP contribution >= 0.6 is 0 Å². The van der Waals surface area contributed by atoms with E-state index in [1.165, 1.54) is 12.8 Å². The molecule has 0 saturated heterocycles. The van der Waals surface area contributed by atoms with Crippen LogP contribution in [0, 0.1) is 26.7 Å². The van der Waals surface area contributed by atoms with Gasteiger partial charge < -0.3 is 14.8 Å². The molecule has 5 rings (SSSR count). The maximum Gasteiger partial charge on any atom is 0.255 e.